The number of nitriles is 2. The van der Waals surface area contributed by atoms with Crippen LogP contribution in [0.15, 0.2) is 322 Å². The van der Waals surface area contributed by atoms with E-state index in [0.717, 1.165) is 61.7 Å². The quantitative estimate of drug-likeness (QED) is 0.0893. The van der Waals surface area contributed by atoms with Crippen molar-refractivity contribution in [3.63, 3.8) is 0 Å². The number of aromatic nitrogens is 9. The van der Waals surface area contributed by atoms with Crippen molar-refractivity contribution < 1.29 is 14.4 Å². The summed E-state index contributed by atoms with van der Waals surface area (Å²) in [5.74, 6) is 2.32. The van der Waals surface area contributed by atoms with Crippen LogP contribution in [0.1, 0.15) is 312 Å². The van der Waals surface area contributed by atoms with Crippen LogP contribution >= 0.6 is 0 Å². The maximum atomic E-state index is 12.1. The number of carbonyl (C=O) groups is 3. The summed E-state index contributed by atoms with van der Waals surface area (Å²) in [6, 6.07) is 94.1. The van der Waals surface area contributed by atoms with Gasteiger partial charge in [0.2, 0.25) is 0 Å². The molecule has 1 aliphatic carbocycles. The number of carbonyl (C=O) groups excluding carboxylic acids is 3. The molecule has 0 aliphatic heterocycles. The monoisotopic (exact) mass is 1770 g/mol. The van der Waals surface area contributed by atoms with Crippen LogP contribution in [-0.2, 0) is 0 Å². The van der Waals surface area contributed by atoms with Crippen molar-refractivity contribution >= 4 is 66.9 Å². The smallest absolute Gasteiger partial charge is 0.194 e. The number of fused-ring (bicyclic) bond motifs is 6. The zero-order chi connectivity index (χ0) is 102. The first-order valence-corrected chi connectivity index (χ1v) is 47.3. The van der Waals surface area contributed by atoms with Crippen LogP contribution in [0.4, 0.5) is 5.69 Å². The standard InChI is InChI=1S/C14H8O2.C13H9N.C13H10O.C12H8N2.C8H4N2.C7H5N.C6H9N3.C5H5N.C4H4N2.17C2H6/c15-13-9-5-1-2-6-10(9)14(16)12-8-4-3-7-11(12)13;1-3-7-12-10(5-1)9-11-6-2-4-8-13(11)14-12;14-13(11-7-3-1-4-8-11)12-9-5-2-6-10-12;1-2-6-10-9(5-1)13-11-7-3-4-8-12(11)14-10;1-10-8-4-2-7(6-9)3-5-8;8-6-7-4-2-1-3-5-7;1-4-7-5(2)9-6(3)8-4;1-2-4-6-5-3-1;1-2-5-4-6-3-1;17*1-2/h1-8H;1-9H;1-10H;1-8H;2-5H;1-5H;1-3H3;1-5H;1-4H;17*1-2H3. The highest BCUT2D eigenvalue weighted by Gasteiger charge is 2.28. The number of rotatable bonds is 2. The van der Waals surface area contributed by atoms with E-state index in [4.69, 9.17) is 17.1 Å². The molecule has 0 radical (unpaired) electrons. The Morgan fingerprint density at radius 3 is 0.718 bits per heavy atom. The molecule has 0 unspecified atom stereocenters. The highest BCUT2D eigenvalue weighted by atomic mass is 16.1. The molecule has 0 atom stereocenters. The molecule has 1 aliphatic rings. The van der Waals surface area contributed by atoms with Crippen molar-refractivity contribution in [3.05, 3.63) is 396 Å². The molecule has 0 N–H and O–H groups in total. The number of hydrogen-bond donors (Lipinski definition) is 0. The number of aryl methyl sites for hydroxylation is 3. The summed E-state index contributed by atoms with van der Waals surface area (Å²) in [5, 5.41) is 19.1. The van der Waals surface area contributed by atoms with Crippen molar-refractivity contribution in [1.82, 2.24) is 44.9 Å². The van der Waals surface area contributed by atoms with Gasteiger partial charge in [-0.05, 0) is 93.6 Å². The van der Waals surface area contributed by atoms with Gasteiger partial charge in [0.1, 0.15) is 23.8 Å². The fraction of sp³-hybridized carbons (Fsp3) is 0.319. The van der Waals surface area contributed by atoms with Crippen molar-refractivity contribution in [2.24, 2.45) is 0 Å². The highest BCUT2D eigenvalue weighted by Crippen LogP contribution is 2.27. The molecular weight excluding hydrogens is 1610 g/mol. The first-order chi connectivity index (χ1) is 64.5. The first kappa shape index (κ1) is 138. The molecule has 16 rings (SSSR count). The average molecular weight is 1770 g/mol. The summed E-state index contributed by atoms with van der Waals surface area (Å²) in [7, 11) is 0. The minimum absolute atomic E-state index is 0.0641. The topological polar surface area (TPSA) is 219 Å². The number of nitrogens with zero attached hydrogens (tertiary/aromatic N) is 12. The zero-order valence-electron chi connectivity index (χ0n) is 87.2. The Balaban J connectivity index is -0.000000152. The molecule has 0 saturated heterocycles. The third-order valence-corrected chi connectivity index (χ3v) is 13.6. The number of hydrogen-bond acceptors (Lipinski definition) is 14. The second-order valence-corrected chi connectivity index (χ2v) is 20.5. The summed E-state index contributed by atoms with van der Waals surface area (Å²) in [6.07, 6.45) is 8.38. The molecule has 0 bridgehead atoms. The first-order valence-electron chi connectivity index (χ1n) is 47.3. The second-order valence-electron chi connectivity index (χ2n) is 20.5. The van der Waals surface area contributed by atoms with Gasteiger partial charge >= 0.3 is 0 Å². The number of pyridine rings is 2. The second kappa shape index (κ2) is 107. The normalized spacial score (nSPS) is 8.23. The lowest BCUT2D eigenvalue weighted by Crippen LogP contribution is -2.20. The Labute approximate surface area is 795 Å². The van der Waals surface area contributed by atoms with Crippen LogP contribution in [0.3, 0.4) is 0 Å². The lowest BCUT2D eigenvalue weighted by atomic mass is 9.84. The lowest BCUT2D eigenvalue weighted by molar-refractivity contribution is 0.0979. The third kappa shape index (κ3) is 62.1. The van der Waals surface area contributed by atoms with Gasteiger partial charge in [0.15, 0.2) is 23.0 Å². The van der Waals surface area contributed by atoms with E-state index in [0.29, 0.717) is 39.1 Å². The van der Waals surface area contributed by atoms with Crippen LogP contribution in [-0.4, -0.2) is 62.2 Å². The van der Waals surface area contributed by atoms with E-state index in [1.54, 1.807) is 116 Å². The minimum atomic E-state index is -0.0641. The van der Waals surface area contributed by atoms with Crippen molar-refractivity contribution in [3.8, 4) is 12.1 Å². The summed E-state index contributed by atoms with van der Waals surface area (Å²) in [5.41, 5.74) is 11.3. The van der Waals surface area contributed by atoms with Crippen LogP contribution < -0.4 is 0 Å². The van der Waals surface area contributed by atoms with E-state index in [2.05, 4.69) is 67.9 Å². The number of benzene rings is 10. The summed E-state index contributed by atoms with van der Waals surface area (Å²) in [4.78, 5) is 76.0. The average Bonchev–Trinajstić information content (AvgIpc) is 1.30. The van der Waals surface area contributed by atoms with Crippen molar-refractivity contribution in [1.29, 1.82) is 10.5 Å². The molecule has 10 aromatic carbocycles. The van der Waals surface area contributed by atoms with Crippen LogP contribution in [0.5, 0.6) is 0 Å². The predicted octanol–water partition coefficient (Wildman–Crippen LogP) is 35.0. The Morgan fingerprint density at radius 1 is 0.260 bits per heavy atom. The number of para-hydroxylation sites is 6. The van der Waals surface area contributed by atoms with Crippen LogP contribution in [0.2, 0.25) is 0 Å². The molecule has 0 spiro atoms. The molecule has 131 heavy (non-hydrogen) atoms. The Kier molecular flexibility index (Phi) is 112. The van der Waals surface area contributed by atoms with E-state index in [1.807, 2.05) is 450 Å². The van der Waals surface area contributed by atoms with Gasteiger partial charge in [-0.1, -0.05) is 454 Å². The fourth-order valence-electron chi connectivity index (χ4n) is 9.15. The fourth-order valence-corrected chi connectivity index (χ4v) is 9.15. The maximum Gasteiger partial charge on any atom is 0.194 e. The summed E-state index contributed by atoms with van der Waals surface area (Å²) < 4.78 is 0. The molecular formula is C116H164N12O3. The van der Waals surface area contributed by atoms with Gasteiger partial charge in [-0.15, -0.1) is 0 Å². The highest BCUT2D eigenvalue weighted by molar-refractivity contribution is 6.28. The molecule has 0 saturated carbocycles. The van der Waals surface area contributed by atoms with Crippen molar-refractivity contribution in [2.45, 2.75) is 256 Å². The van der Waals surface area contributed by atoms with E-state index >= 15 is 0 Å². The lowest BCUT2D eigenvalue weighted by Gasteiger charge is -2.16. The molecule has 5 heterocycles. The van der Waals surface area contributed by atoms with E-state index in [-0.39, 0.29) is 17.3 Å². The van der Waals surface area contributed by atoms with E-state index in [1.165, 1.54) is 17.1 Å². The molecule has 706 valence electrons. The Hall–Kier alpha value is -13.8. The molecule has 5 aromatic heterocycles. The van der Waals surface area contributed by atoms with Crippen molar-refractivity contribution in [2.75, 3.05) is 0 Å². The maximum absolute atomic E-state index is 12.1. The van der Waals surface area contributed by atoms with E-state index < -0.39 is 0 Å². The largest absolute Gasteiger partial charge is 0.289 e. The van der Waals surface area contributed by atoms with Gasteiger partial charge < -0.3 is 0 Å². The summed E-state index contributed by atoms with van der Waals surface area (Å²) >= 11 is 0. The van der Waals surface area contributed by atoms with Gasteiger partial charge in [-0.2, -0.15) is 10.5 Å². The van der Waals surface area contributed by atoms with Gasteiger partial charge in [-0.25, -0.2) is 44.7 Å². The molecule has 0 fully saturated rings. The molecule has 15 heteroatoms. The minimum Gasteiger partial charge on any atom is -0.289 e. The molecule has 0 amide bonds. The predicted molar refractivity (Wildman–Crippen MR) is 574 cm³/mol. The Bertz CT molecular complexity index is 4500. The number of ketones is 3. The molecule has 15 nitrogen and oxygen atoms in total. The van der Waals surface area contributed by atoms with E-state index in [9.17, 15) is 14.4 Å². The SMILES string of the molecule is CC.CC.CC.CC.CC.CC.CC.CC.CC.CC.CC.CC.CC.CC.CC.CC.CC.Cc1nc(C)nc(C)n1.N#Cc1ccccc1.O=C(c1ccccc1)c1ccccc1.O=C1c2ccccc2C(=O)c2ccccc21.[C-]#[N+]c1ccc(C#N)cc1.c1ccc2nc3ccccc3cc2c1.c1ccc2nc3ccccc3nc2c1.c1ccncc1.c1cncnc1. The zero-order valence-corrected chi connectivity index (χ0v) is 87.2. The molecule has 15 aromatic rings. The summed E-state index contributed by atoms with van der Waals surface area (Å²) in [6.45, 7) is 80.2. The Morgan fingerprint density at radius 2 is 0.489 bits per heavy atom. The van der Waals surface area contributed by atoms with Crippen LogP contribution in [0.25, 0.3) is 48.7 Å². The van der Waals surface area contributed by atoms with Gasteiger partial charge in [0, 0.05) is 74.5 Å². The third-order valence-electron chi connectivity index (χ3n) is 13.6. The van der Waals surface area contributed by atoms with Gasteiger partial charge in [0.25, 0.3) is 0 Å². The van der Waals surface area contributed by atoms with Gasteiger partial charge in [0.05, 0.1) is 57.4 Å². The van der Waals surface area contributed by atoms with Crippen LogP contribution in [0, 0.1) is 50.0 Å². The van der Waals surface area contributed by atoms with Gasteiger partial charge in [-0.3, -0.25) is 19.4 Å².